The molecule has 1 N–H and O–H groups in total. The van der Waals surface area contributed by atoms with Gasteiger partial charge in [0.1, 0.15) is 5.75 Å². The van der Waals surface area contributed by atoms with Crippen LogP contribution in [0.25, 0.3) is 0 Å². The molecule has 2 rings (SSSR count). The molecule has 0 saturated carbocycles. The van der Waals surface area contributed by atoms with E-state index in [9.17, 15) is 5.11 Å². The van der Waals surface area contributed by atoms with E-state index in [4.69, 9.17) is 4.74 Å². The van der Waals surface area contributed by atoms with Crippen molar-refractivity contribution in [2.75, 3.05) is 0 Å². The molecule has 3 nitrogen and oxygen atoms in total. The van der Waals surface area contributed by atoms with E-state index in [0.717, 1.165) is 17.7 Å². The summed E-state index contributed by atoms with van der Waals surface area (Å²) in [6.07, 6.45) is 2.19. The molecular weight excluding hydrogens is 250 g/mol. The molecule has 0 fully saturated rings. The molecule has 0 radical (unpaired) electrons. The lowest BCUT2D eigenvalue weighted by Gasteiger charge is -2.15. The quantitative estimate of drug-likeness (QED) is 0.874. The van der Waals surface area contributed by atoms with Crippen LogP contribution in [0.3, 0.4) is 0 Å². The minimum atomic E-state index is -0.523. The lowest BCUT2D eigenvalue weighted by atomic mass is 9.98. The van der Waals surface area contributed by atoms with Gasteiger partial charge in [0.05, 0.1) is 6.10 Å². The third-order valence-corrected chi connectivity index (χ3v) is 3.52. The highest BCUT2D eigenvalue weighted by Crippen LogP contribution is 2.31. The summed E-state index contributed by atoms with van der Waals surface area (Å²) < 4.78 is 5.90. The van der Waals surface area contributed by atoms with Crippen LogP contribution in [0.5, 0.6) is 11.6 Å². The van der Waals surface area contributed by atoms with Crippen molar-refractivity contribution in [1.29, 1.82) is 0 Å². The highest BCUT2D eigenvalue weighted by atomic mass is 16.5. The molecular formula is C17H21NO2. The van der Waals surface area contributed by atoms with Gasteiger partial charge in [-0.2, -0.15) is 0 Å². The molecule has 0 aliphatic rings. The van der Waals surface area contributed by atoms with Crippen LogP contribution in [-0.4, -0.2) is 10.1 Å². The van der Waals surface area contributed by atoms with Gasteiger partial charge in [0.15, 0.2) is 0 Å². The van der Waals surface area contributed by atoms with Gasteiger partial charge in [-0.25, -0.2) is 4.98 Å². The van der Waals surface area contributed by atoms with Gasteiger partial charge in [-0.15, -0.1) is 0 Å². The number of aliphatic hydroxyl groups excluding tert-OH is 1. The Morgan fingerprint density at radius 3 is 2.65 bits per heavy atom. The Bertz CT molecular complexity index is 566. The monoisotopic (exact) mass is 271 g/mol. The summed E-state index contributed by atoms with van der Waals surface area (Å²) in [7, 11) is 0. The standard InChI is InChI=1S/C17H21NO2/c1-4-12(2)15-7-5-6-8-16(15)20-17-11-14(13(3)19)9-10-18-17/h5-13,19H,4H2,1-3H3/t12?,13-/m1/s1. The van der Waals surface area contributed by atoms with Crippen LogP contribution >= 0.6 is 0 Å². The Labute approximate surface area is 120 Å². The van der Waals surface area contributed by atoms with Crippen molar-refractivity contribution in [3.05, 3.63) is 53.7 Å². The molecule has 0 amide bonds. The maximum absolute atomic E-state index is 9.61. The molecule has 3 heteroatoms. The Kier molecular flexibility index (Phi) is 4.74. The molecule has 2 atom stereocenters. The predicted molar refractivity (Wildman–Crippen MR) is 80.1 cm³/mol. The molecule has 1 unspecified atom stereocenters. The number of aliphatic hydroxyl groups is 1. The van der Waals surface area contributed by atoms with E-state index < -0.39 is 6.10 Å². The second-order valence-corrected chi connectivity index (χ2v) is 5.05. The summed E-state index contributed by atoms with van der Waals surface area (Å²) in [6.45, 7) is 6.07. The zero-order valence-electron chi connectivity index (χ0n) is 12.2. The first-order valence-corrected chi connectivity index (χ1v) is 7.02. The summed E-state index contributed by atoms with van der Waals surface area (Å²) in [5.41, 5.74) is 1.98. The third kappa shape index (κ3) is 3.36. The number of hydrogen-bond acceptors (Lipinski definition) is 3. The normalized spacial score (nSPS) is 13.8. The molecule has 106 valence electrons. The zero-order valence-corrected chi connectivity index (χ0v) is 12.2. The number of pyridine rings is 1. The third-order valence-electron chi connectivity index (χ3n) is 3.52. The number of nitrogens with zero attached hydrogens (tertiary/aromatic N) is 1. The summed E-state index contributed by atoms with van der Waals surface area (Å²) in [5, 5.41) is 9.61. The smallest absolute Gasteiger partial charge is 0.219 e. The lowest BCUT2D eigenvalue weighted by Crippen LogP contribution is -1.98. The highest BCUT2D eigenvalue weighted by molar-refractivity contribution is 5.38. The Hall–Kier alpha value is -1.87. The van der Waals surface area contributed by atoms with Gasteiger partial charge in [-0.1, -0.05) is 32.0 Å². The minimum absolute atomic E-state index is 0.436. The molecule has 20 heavy (non-hydrogen) atoms. The molecule has 0 spiro atoms. The van der Waals surface area contributed by atoms with E-state index >= 15 is 0 Å². The molecule has 1 heterocycles. The van der Waals surface area contributed by atoms with Crippen molar-refractivity contribution in [3.63, 3.8) is 0 Å². The van der Waals surface area contributed by atoms with Crippen LogP contribution in [0, 0.1) is 0 Å². The summed E-state index contributed by atoms with van der Waals surface area (Å²) in [6, 6.07) is 11.6. The molecule has 0 bridgehead atoms. The SMILES string of the molecule is CCC(C)c1ccccc1Oc1cc([C@@H](C)O)ccn1. The van der Waals surface area contributed by atoms with Crippen LogP contribution in [0.15, 0.2) is 42.6 Å². The van der Waals surface area contributed by atoms with Gasteiger partial charge in [-0.05, 0) is 42.5 Å². The van der Waals surface area contributed by atoms with Crippen molar-refractivity contribution in [1.82, 2.24) is 4.98 Å². The van der Waals surface area contributed by atoms with E-state index in [1.165, 1.54) is 5.56 Å². The van der Waals surface area contributed by atoms with Crippen LogP contribution in [0.2, 0.25) is 0 Å². The first kappa shape index (κ1) is 14.5. The average molecular weight is 271 g/mol. The van der Waals surface area contributed by atoms with Gasteiger partial charge >= 0.3 is 0 Å². The van der Waals surface area contributed by atoms with Crippen molar-refractivity contribution >= 4 is 0 Å². The molecule has 0 aliphatic heterocycles. The minimum Gasteiger partial charge on any atom is -0.439 e. The topological polar surface area (TPSA) is 42.4 Å². The molecule has 0 saturated heterocycles. The van der Waals surface area contributed by atoms with Crippen LogP contribution < -0.4 is 4.74 Å². The summed E-state index contributed by atoms with van der Waals surface area (Å²) in [4.78, 5) is 4.21. The zero-order chi connectivity index (χ0) is 14.5. The fraction of sp³-hybridized carbons (Fsp3) is 0.353. The Morgan fingerprint density at radius 1 is 1.20 bits per heavy atom. The molecule has 1 aromatic heterocycles. The lowest BCUT2D eigenvalue weighted by molar-refractivity contribution is 0.198. The van der Waals surface area contributed by atoms with Gasteiger partial charge in [0.25, 0.3) is 0 Å². The summed E-state index contributed by atoms with van der Waals surface area (Å²) >= 11 is 0. The number of benzene rings is 1. The van der Waals surface area contributed by atoms with Crippen molar-refractivity contribution in [3.8, 4) is 11.6 Å². The van der Waals surface area contributed by atoms with E-state index in [-0.39, 0.29) is 0 Å². The predicted octanol–water partition coefficient (Wildman–Crippen LogP) is 4.44. The summed E-state index contributed by atoms with van der Waals surface area (Å²) in [5.74, 6) is 1.78. The van der Waals surface area contributed by atoms with E-state index in [2.05, 4.69) is 24.9 Å². The second kappa shape index (κ2) is 6.53. The van der Waals surface area contributed by atoms with Crippen molar-refractivity contribution in [2.45, 2.75) is 39.2 Å². The number of para-hydroxylation sites is 1. The molecule has 1 aromatic carbocycles. The van der Waals surface area contributed by atoms with Crippen LogP contribution in [-0.2, 0) is 0 Å². The van der Waals surface area contributed by atoms with E-state index in [0.29, 0.717) is 11.8 Å². The molecule has 0 aliphatic carbocycles. The number of aromatic nitrogens is 1. The number of ether oxygens (including phenoxy) is 1. The van der Waals surface area contributed by atoms with E-state index in [1.54, 1.807) is 25.3 Å². The van der Waals surface area contributed by atoms with Crippen LogP contribution in [0.1, 0.15) is 50.3 Å². The van der Waals surface area contributed by atoms with Crippen LogP contribution in [0.4, 0.5) is 0 Å². The Balaban J connectivity index is 2.28. The number of rotatable bonds is 5. The Morgan fingerprint density at radius 2 is 1.95 bits per heavy atom. The van der Waals surface area contributed by atoms with Crippen molar-refractivity contribution < 1.29 is 9.84 Å². The maximum atomic E-state index is 9.61. The highest BCUT2D eigenvalue weighted by Gasteiger charge is 2.11. The fourth-order valence-electron chi connectivity index (χ4n) is 2.05. The van der Waals surface area contributed by atoms with Gasteiger partial charge in [0.2, 0.25) is 5.88 Å². The van der Waals surface area contributed by atoms with Gasteiger partial charge < -0.3 is 9.84 Å². The van der Waals surface area contributed by atoms with Crippen molar-refractivity contribution in [2.24, 2.45) is 0 Å². The maximum Gasteiger partial charge on any atom is 0.219 e. The fourth-order valence-corrected chi connectivity index (χ4v) is 2.05. The average Bonchev–Trinajstić information content (AvgIpc) is 2.47. The second-order valence-electron chi connectivity index (χ2n) is 5.05. The number of hydrogen-bond donors (Lipinski definition) is 1. The van der Waals surface area contributed by atoms with Gasteiger partial charge in [-0.3, -0.25) is 0 Å². The largest absolute Gasteiger partial charge is 0.439 e. The first-order valence-electron chi connectivity index (χ1n) is 7.02. The van der Waals surface area contributed by atoms with Gasteiger partial charge in [0, 0.05) is 12.3 Å². The first-order chi connectivity index (χ1) is 9.61. The molecule has 2 aromatic rings. The van der Waals surface area contributed by atoms with E-state index in [1.807, 2.05) is 18.2 Å².